The molecule has 176 valence electrons. The van der Waals surface area contributed by atoms with Crippen molar-refractivity contribution in [2.75, 3.05) is 11.9 Å². The lowest BCUT2D eigenvalue weighted by Crippen LogP contribution is -2.34. The summed E-state index contributed by atoms with van der Waals surface area (Å²) in [6.45, 7) is 1.99. The molecule has 3 aromatic rings. The number of alkyl carbamates (subject to hydrolysis) is 1. The van der Waals surface area contributed by atoms with E-state index in [1.165, 1.54) is 10.9 Å². The summed E-state index contributed by atoms with van der Waals surface area (Å²) in [5, 5.41) is 18.4. The summed E-state index contributed by atoms with van der Waals surface area (Å²) < 4.78 is 6.85. The predicted molar refractivity (Wildman–Crippen MR) is 126 cm³/mol. The molecule has 3 N–H and O–H groups in total. The molecule has 0 saturated heterocycles. The van der Waals surface area contributed by atoms with Gasteiger partial charge in [-0.15, -0.1) is 0 Å². The number of ether oxygens (including phenoxy) is 1. The minimum absolute atomic E-state index is 0.00264. The number of nitrogens with one attached hydrogen (secondary N) is 2. The number of aromatic carboxylic acids is 1. The van der Waals surface area contributed by atoms with Crippen LogP contribution >= 0.6 is 0 Å². The van der Waals surface area contributed by atoms with Crippen molar-refractivity contribution in [3.8, 4) is 11.1 Å². The van der Waals surface area contributed by atoms with Gasteiger partial charge in [-0.25, -0.2) is 9.59 Å². The first kappa shape index (κ1) is 23.0. The minimum atomic E-state index is -1.17. The van der Waals surface area contributed by atoms with Crippen molar-refractivity contribution in [1.82, 2.24) is 15.1 Å². The van der Waals surface area contributed by atoms with E-state index in [1.54, 1.807) is 14.0 Å². The van der Waals surface area contributed by atoms with Gasteiger partial charge in [0.1, 0.15) is 12.2 Å². The van der Waals surface area contributed by atoms with Crippen LogP contribution in [0, 0.1) is 0 Å². The molecule has 0 saturated carbocycles. The summed E-state index contributed by atoms with van der Waals surface area (Å²) in [6.07, 6.45) is 1.21. The molecular formula is C25H26N4O5. The molecule has 4 rings (SSSR count). The second-order valence-electron chi connectivity index (χ2n) is 8.33. The molecule has 1 unspecified atom stereocenters. The predicted octanol–water partition coefficient (Wildman–Crippen LogP) is 3.76. The van der Waals surface area contributed by atoms with Gasteiger partial charge in [0.25, 0.3) is 0 Å². The van der Waals surface area contributed by atoms with Crippen LogP contribution in [-0.2, 0) is 16.6 Å². The molecule has 1 aliphatic rings. The van der Waals surface area contributed by atoms with Gasteiger partial charge in [0, 0.05) is 31.6 Å². The lowest BCUT2D eigenvalue weighted by Gasteiger charge is -2.17. The highest BCUT2D eigenvalue weighted by atomic mass is 16.5. The van der Waals surface area contributed by atoms with E-state index in [9.17, 15) is 19.5 Å². The van der Waals surface area contributed by atoms with Crippen LogP contribution in [0.25, 0.3) is 11.1 Å². The number of rotatable bonds is 8. The fraction of sp³-hybridized carbons (Fsp3) is 0.280. The average molecular weight is 463 g/mol. The SMILES string of the molecule is CC(CCC(=O)Nc1nn(C)cc1C(=O)O)NC(=O)OCC1c2ccccc2-c2ccccc21. The first-order valence-electron chi connectivity index (χ1n) is 11.0. The van der Waals surface area contributed by atoms with Gasteiger partial charge in [0.2, 0.25) is 5.91 Å². The van der Waals surface area contributed by atoms with Gasteiger partial charge in [-0.05, 0) is 35.6 Å². The Hall–Kier alpha value is -4.14. The molecule has 0 spiro atoms. The van der Waals surface area contributed by atoms with Gasteiger partial charge in [-0.2, -0.15) is 5.10 Å². The molecule has 1 atom stereocenters. The van der Waals surface area contributed by atoms with Crippen molar-refractivity contribution in [1.29, 1.82) is 0 Å². The van der Waals surface area contributed by atoms with Crippen LogP contribution in [0.1, 0.15) is 47.2 Å². The topological polar surface area (TPSA) is 123 Å². The van der Waals surface area contributed by atoms with E-state index in [1.807, 2.05) is 24.3 Å². The number of amides is 2. The molecule has 0 aliphatic heterocycles. The standard InChI is InChI=1S/C25H26N4O5/c1-15(11-12-22(30)27-23-20(24(31)32)13-29(2)28-23)26-25(33)34-14-21-18-9-5-3-7-16(18)17-8-4-6-10-19(17)21/h3-10,13,15,21H,11-12,14H2,1-2H3,(H,26,33)(H,31,32)(H,27,28,30). The Morgan fingerprint density at radius 2 is 1.71 bits per heavy atom. The molecule has 2 aromatic carbocycles. The zero-order valence-corrected chi connectivity index (χ0v) is 18.9. The van der Waals surface area contributed by atoms with Crippen molar-refractivity contribution < 1.29 is 24.2 Å². The van der Waals surface area contributed by atoms with Gasteiger partial charge in [-0.3, -0.25) is 9.48 Å². The van der Waals surface area contributed by atoms with Gasteiger partial charge in [0.05, 0.1) is 0 Å². The van der Waals surface area contributed by atoms with Gasteiger partial charge >= 0.3 is 12.1 Å². The van der Waals surface area contributed by atoms with Crippen molar-refractivity contribution in [3.63, 3.8) is 0 Å². The highest BCUT2D eigenvalue weighted by Crippen LogP contribution is 2.44. The average Bonchev–Trinajstić information content (AvgIpc) is 3.34. The Labute approximate surface area is 196 Å². The number of hydrogen-bond acceptors (Lipinski definition) is 5. The first-order valence-corrected chi connectivity index (χ1v) is 11.0. The molecule has 34 heavy (non-hydrogen) atoms. The minimum Gasteiger partial charge on any atom is -0.477 e. The normalized spacial score (nSPS) is 13.0. The van der Waals surface area contributed by atoms with Gasteiger partial charge in [0.15, 0.2) is 5.82 Å². The maximum atomic E-state index is 12.4. The number of carbonyl (C=O) groups is 3. The Balaban J connectivity index is 1.26. The van der Waals surface area contributed by atoms with Crippen LogP contribution in [0.15, 0.2) is 54.7 Å². The molecule has 0 fully saturated rings. The van der Waals surface area contributed by atoms with E-state index in [-0.39, 0.29) is 42.3 Å². The quantitative estimate of drug-likeness (QED) is 0.468. The molecule has 9 heteroatoms. The van der Waals surface area contributed by atoms with Crippen LogP contribution < -0.4 is 10.6 Å². The van der Waals surface area contributed by atoms with E-state index in [0.717, 1.165) is 22.3 Å². The molecular weight excluding hydrogens is 436 g/mol. The highest BCUT2D eigenvalue weighted by Gasteiger charge is 2.29. The highest BCUT2D eigenvalue weighted by molar-refractivity contribution is 5.99. The second kappa shape index (κ2) is 9.78. The van der Waals surface area contributed by atoms with Crippen molar-refractivity contribution >= 4 is 23.8 Å². The molecule has 2 amide bonds. The smallest absolute Gasteiger partial charge is 0.407 e. The number of nitrogens with zero attached hydrogens (tertiary/aromatic N) is 2. The Morgan fingerprint density at radius 3 is 2.32 bits per heavy atom. The van der Waals surface area contributed by atoms with Crippen LogP contribution in [0.2, 0.25) is 0 Å². The number of aromatic nitrogens is 2. The zero-order valence-electron chi connectivity index (χ0n) is 18.9. The number of aryl methyl sites for hydroxylation is 1. The number of carboxylic acids is 1. The fourth-order valence-corrected chi connectivity index (χ4v) is 4.19. The first-order chi connectivity index (χ1) is 16.3. The van der Waals surface area contributed by atoms with E-state index in [0.29, 0.717) is 6.42 Å². The van der Waals surface area contributed by atoms with E-state index < -0.39 is 12.1 Å². The summed E-state index contributed by atoms with van der Waals surface area (Å²) in [7, 11) is 1.57. The lowest BCUT2D eigenvalue weighted by molar-refractivity contribution is -0.116. The molecule has 1 aromatic heterocycles. The molecule has 0 bridgehead atoms. The number of carbonyl (C=O) groups excluding carboxylic acids is 2. The summed E-state index contributed by atoms with van der Waals surface area (Å²) >= 11 is 0. The van der Waals surface area contributed by atoms with Crippen molar-refractivity contribution in [3.05, 3.63) is 71.4 Å². The van der Waals surface area contributed by atoms with Crippen LogP contribution in [0.5, 0.6) is 0 Å². The summed E-state index contributed by atoms with van der Waals surface area (Å²) in [5.41, 5.74) is 4.50. The van der Waals surface area contributed by atoms with Crippen molar-refractivity contribution in [2.24, 2.45) is 7.05 Å². The van der Waals surface area contributed by atoms with Crippen LogP contribution in [-0.4, -0.2) is 45.5 Å². The van der Waals surface area contributed by atoms with E-state index in [2.05, 4.69) is 40.0 Å². The lowest BCUT2D eigenvalue weighted by atomic mass is 9.98. The third kappa shape index (κ3) is 4.93. The Morgan fingerprint density at radius 1 is 1.09 bits per heavy atom. The number of hydrogen-bond donors (Lipinski definition) is 3. The second-order valence-corrected chi connectivity index (χ2v) is 8.33. The number of fused-ring (bicyclic) bond motifs is 3. The number of benzene rings is 2. The zero-order chi connectivity index (χ0) is 24.2. The molecule has 1 heterocycles. The summed E-state index contributed by atoms with van der Waals surface area (Å²) in [5.74, 6) is -1.59. The number of anilines is 1. The maximum Gasteiger partial charge on any atom is 0.407 e. The third-order valence-corrected chi connectivity index (χ3v) is 5.83. The Kier molecular flexibility index (Phi) is 6.62. The molecule has 1 aliphatic carbocycles. The Bertz CT molecular complexity index is 1190. The molecule has 9 nitrogen and oxygen atoms in total. The van der Waals surface area contributed by atoms with E-state index >= 15 is 0 Å². The van der Waals surface area contributed by atoms with Crippen LogP contribution in [0.3, 0.4) is 0 Å². The third-order valence-electron chi connectivity index (χ3n) is 5.83. The van der Waals surface area contributed by atoms with Crippen molar-refractivity contribution in [2.45, 2.75) is 31.7 Å². The summed E-state index contributed by atoms with van der Waals surface area (Å²) in [4.78, 5) is 35.8. The van der Waals surface area contributed by atoms with Crippen LogP contribution in [0.4, 0.5) is 10.6 Å². The molecule has 0 radical (unpaired) electrons. The van der Waals surface area contributed by atoms with Gasteiger partial charge < -0.3 is 20.5 Å². The maximum absolute atomic E-state index is 12.4. The van der Waals surface area contributed by atoms with Gasteiger partial charge in [-0.1, -0.05) is 48.5 Å². The summed E-state index contributed by atoms with van der Waals surface area (Å²) in [6, 6.07) is 15.9. The monoisotopic (exact) mass is 462 g/mol. The fourth-order valence-electron chi connectivity index (χ4n) is 4.19. The van der Waals surface area contributed by atoms with E-state index in [4.69, 9.17) is 4.74 Å². The number of carboxylic acid groups (broad SMARTS) is 1. The largest absolute Gasteiger partial charge is 0.477 e.